The van der Waals surface area contributed by atoms with Gasteiger partial charge in [0.2, 0.25) is 0 Å². The highest BCUT2D eigenvalue weighted by molar-refractivity contribution is 7.98. The van der Waals surface area contributed by atoms with Crippen LogP contribution in [0.25, 0.3) is 0 Å². The molecule has 1 aromatic heterocycles. The Morgan fingerprint density at radius 1 is 1.39 bits per heavy atom. The second kappa shape index (κ2) is 7.36. The van der Waals surface area contributed by atoms with Gasteiger partial charge in [-0.25, -0.2) is 13.9 Å². The van der Waals surface area contributed by atoms with E-state index >= 15 is 0 Å². The zero-order chi connectivity index (χ0) is 17.0. The van der Waals surface area contributed by atoms with E-state index in [0.29, 0.717) is 12.2 Å². The molecule has 122 valence electrons. The Morgan fingerprint density at radius 2 is 2.04 bits per heavy atom. The van der Waals surface area contributed by atoms with Crippen LogP contribution < -0.4 is 5.56 Å². The number of thioether (sulfide) groups is 1. The highest BCUT2D eigenvalue weighted by Gasteiger charge is 2.20. The van der Waals surface area contributed by atoms with Gasteiger partial charge in [-0.15, -0.1) is 0 Å². The molecule has 8 heteroatoms. The Kier molecular flexibility index (Phi) is 5.49. The molecule has 23 heavy (non-hydrogen) atoms. The first-order chi connectivity index (χ1) is 10.9. The molecule has 1 heterocycles. The quantitative estimate of drug-likeness (QED) is 0.814. The fraction of sp³-hybridized carbons (Fsp3) is 0.333. The number of nitrogens with zero attached hydrogens (tertiary/aromatic N) is 3. The van der Waals surface area contributed by atoms with Crippen LogP contribution in [0.5, 0.6) is 0 Å². The molecule has 1 atom stereocenters. The van der Waals surface area contributed by atoms with Crippen LogP contribution in [0.1, 0.15) is 31.1 Å². The fourth-order valence-electron chi connectivity index (χ4n) is 1.82. The van der Waals surface area contributed by atoms with Gasteiger partial charge in [-0.1, -0.05) is 30.8 Å². The number of hydrogen-bond acceptors (Lipinski definition) is 5. The van der Waals surface area contributed by atoms with Crippen molar-refractivity contribution in [3.63, 3.8) is 0 Å². The Hall–Kier alpha value is -2.22. The lowest BCUT2D eigenvalue weighted by atomic mass is 10.2. The van der Waals surface area contributed by atoms with E-state index in [1.807, 2.05) is 0 Å². The van der Waals surface area contributed by atoms with Crippen molar-refractivity contribution in [2.75, 3.05) is 0 Å². The molecule has 0 saturated heterocycles. The number of rotatable bonds is 6. The molecule has 0 saturated carbocycles. The monoisotopic (exact) mass is 337 g/mol. The summed E-state index contributed by atoms with van der Waals surface area (Å²) >= 11 is 1.19. The largest absolute Gasteiger partial charge is 0.480 e. The summed E-state index contributed by atoms with van der Waals surface area (Å²) in [7, 11) is 0. The summed E-state index contributed by atoms with van der Waals surface area (Å²) in [6.07, 6.45) is 0.376. The highest BCUT2D eigenvalue weighted by Crippen LogP contribution is 2.22. The first-order valence-corrected chi connectivity index (χ1v) is 8.00. The third-order valence-corrected chi connectivity index (χ3v) is 4.22. The van der Waals surface area contributed by atoms with Crippen molar-refractivity contribution in [2.45, 2.75) is 37.2 Å². The summed E-state index contributed by atoms with van der Waals surface area (Å²) in [5.41, 5.74) is 0.604. The number of carbonyl (C=O) groups is 1. The third-order valence-electron chi connectivity index (χ3n) is 3.21. The zero-order valence-corrected chi connectivity index (χ0v) is 13.5. The number of benzene rings is 1. The molecule has 6 nitrogen and oxygen atoms in total. The van der Waals surface area contributed by atoms with Gasteiger partial charge in [-0.3, -0.25) is 4.79 Å². The summed E-state index contributed by atoms with van der Waals surface area (Å²) < 4.78 is 14.2. The van der Waals surface area contributed by atoms with Crippen molar-refractivity contribution >= 4 is 17.7 Å². The molecule has 2 aromatic rings. The second-order valence-electron chi connectivity index (χ2n) is 4.87. The number of halogens is 1. The maximum atomic E-state index is 12.9. The van der Waals surface area contributed by atoms with Gasteiger partial charge in [0.05, 0.1) is 0 Å². The molecular formula is C15H16FN3O3S. The predicted octanol–water partition coefficient (Wildman–Crippen LogP) is 2.28. The van der Waals surface area contributed by atoms with Crippen molar-refractivity contribution in [3.05, 3.63) is 51.7 Å². The molecule has 2 rings (SSSR count). The van der Waals surface area contributed by atoms with Crippen LogP contribution >= 0.6 is 11.8 Å². The molecule has 0 aliphatic heterocycles. The standard InChI is InChI=1S/C15H16FN3O3S/c1-3-12-13(20)17-15(19(18-12)9(2)14(21)22)23-8-10-4-6-11(16)7-5-10/h4-7,9H,3,8H2,1-2H3,(H,21,22). The summed E-state index contributed by atoms with van der Waals surface area (Å²) in [5, 5.41) is 13.5. The van der Waals surface area contributed by atoms with Gasteiger partial charge < -0.3 is 5.11 Å². The fourth-order valence-corrected chi connectivity index (χ4v) is 2.79. The van der Waals surface area contributed by atoms with E-state index in [1.165, 1.54) is 35.5 Å². The van der Waals surface area contributed by atoms with Gasteiger partial charge >= 0.3 is 5.97 Å². The van der Waals surface area contributed by atoms with Crippen molar-refractivity contribution < 1.29 is 14.3 Å². The normalized spacial score (nSPS) is 12.1. The molecule has 1 N–H and O–H groups in total. The topological polar surface area (TPSA) is 85.1 Å². The van der Waals surface area contributed by atoms with Gasteiger partial charge in [-0.2, -0.15) is 10.1 Å². The Morgan fingerprint density at radius 3 is 2.61 bits per heavy atom. The third kappa shape index (κ3) is 4.16. The van der Waals surface area contributed by atoms with Crippen molar-refractivity contribution in [1.29, 1.82) is 0 Å². The average molecular weight is 337 g/mol. The summed E-state index contributed by atoms with van der Waals surface area (Å²) in [4.78, 5) is 27.1. The molecule has 0 bridgehead atoms. The minimum Gasteiger partial charge on any atom is -0.480 e. The van der Waals surface area contributed by atoms with Crippen LogP contribution in [0, 0.1) is 5.82 Å². The highest BCUT2D eigenvalue weighted by atomic mass is 32.2. The van der Waals surface area contributed by atoms with Crippen molar-refractivity contribution in [3.8, 4) is 0 Å². The molecule has 0 aliphatic rings. The van der Waals surface area contributed by atoms with Gasteiger partial charge in [-0.05, 0) is 31.0 Å². The molecule has 1 unspecified atom stereocenters. The summed E-state index contributed by atoms with van der Waals surface area (Å²) in [6, 6.07) is 4.99. The van der Waals surface area contributed by atoms with E-state index in [0.717, 1.165) is 5.56 Å². The first-order valence-electron chi connectivity index (χ1n) is 7.02. The number of aryl methyl sites for hydroxylation is 1. The second-order valence-corrected chi connectivity index (χ2v) is 5.82. The number of hydrogen-bond donors (Lipinski definition) is 1. The number of aromatic nitrogens is 3. The average Bonchev–Trinajstić information content (AvgIpc) is 2.53. The van der Waals surface area contributed by atoms with Gasteiger partial charge in [0.1, 0.15) is 17.6 Å². The smallest absolute Gasteiger partial charge is 0.328 e. The molecular weight excluding hydrogens is 321 g/mol. The molecule has 0 amide bonds. The van der Waals surface area contributed by atoms with Crippen LogP contribution in [0.3, 0.4) is 0 Å². The van der Waals surface area contributed by atoms with Gasteiger partial charge in [0.15, 0.2) is 5.16 Å². The minimum absolute atomic E-state index is 0.226. The van der Waals surface area contributed by atoms with Gasteiger partial charge in [0, 0.05) is 5.75 Å². The van der Waals surface area contributed by atoms with Crippen LogP contribution in [0.15, 0.2) is 34.2 Å². The van der Waals surface area contributed by atoms with Crippen molar-refractivity contribution in [2.24, 2.45) is 0 Å². The maximum Gasteiger partial charge on any atom is 0.328 e. The van der Waals surface area contributed by atoms with Crippen LogP contribution in [-0.2, 0) is 17.0 Å². The molecule has 0 aliphatic carbocycles. The van der Waals surface area contributed by atoms with E-state index < -0.39 is 17.6 Å². The van der Waals surface area contributed by atoms with E-state index in [2.05, 4.69) is 10.1 Å². The van der Waals surface area contributed by atoms with Crippen LogP contribution in [0.2, 0.25) is 0 Å². The Labute approximate surface area is 136 Å². The lowest BCUT2D eigenvalue weighted by Gasteiger charge is -2.15. The summed E-state index contributed by atoms with van der Waals surface area (Å²) in [6.45, 7) is 3.23. The minimum atomic E-state index is -1.06. The lowest BCUT2D eigenvalue weighted by molar-refractivity contribution is -0.140. The Balaban J connectivity index is 2.32. The van der Waals surface area contributed by atoms with E-state index in [4.69, 9.17) is 0 Å². The van der Waals surface area contributed by atoms with E-state index in [9.17, 15) is 19.1 Å². The Bertz CT molecular complexity index is 762. The molecule has 0 fully saturated rings. The maximum absolute atomic E-state index is 12.9. The van der Waals surface area contributed by atoms with E-state index in [-0.39, 0.29) is 16.7 Å². The van der Waals surface area contributed by atoms with Crippen LogP contribution in [-0.4, -0.2) is 25.8 Å². The molecule has 0 radical (unpaired) electrons. The lowest BCUT2D eigenvalue weighted by Crippen LogP contribution is -2.28. The van der Waals surface area contributed by atoms with Crippen molar-refractivity contribution in [1.82, 2.24) is 14.8 Å². The first kappa shape index (κ1) is 17.1. The van der Waals surface area contributed by atoms with Gasteiger partial charge in [0.25, 0.3) is 5.56 Å². The van der Waals surface area contributed by atoms with Crippen LogP contribution in [0.4, 0.5) is 4.39 Å². The van der Waals surface area contributed by atoms with E-state index in [1.54, 1.807) is 19.1 Å². The SMILES string of the molecule is CCc1nn(C(C)C(=O)O)c(SCc2ccc(F)cc2)nc1=O. The molecule has 1 aromatic carbocycles. The number of carboxylic acids is 1. The number of aliphatic carboxylic acids is 1. The predicted molar refractivity (Wildman–Crippen MR) is 84.0 cm³/mol. The number of carboxylic acid groups (broad SMARTS) is 1. The zero-order valence-electron chi connectivity index (χ0n) is 12.7. The summed E-state index contributed by atoms with van der Waals surface area (Å²) in [5.74, 6) is -0.970. The molecule has 0 spiro atoms.